The minimum absolute atomic E-state index is 0.250. The van der Waals surface area contributed by atoms with Crippen molar-refractivity contribution in [1.29, 1.82) is 0 Å². The van der Waals surface area contributed by atoms with E-state index in [1.807, 2.05) is 0 Å². The number of carbonyl (C=O) groups excluding carboxylic acids is 2. The highest BCUT2D eigenvalue weighted by Gasteiger charge is 2.52. The molecule has 1 aliphatic heterocycles. The number of fused-ring (bicyclic) bond motifs is 1. The van der Waals surface area contributed by atoms with E-state index in [2.05, 4.69) is 0 Å². The maximum Gasteiger partial charge on any atom is 0.326 e. The van der Waals surface area contributed by atoms with Gasteiger partial charge in [-0.3, -0.25) is 14.5 Å². The van der Waals surface area contributed by atoms with Crippen LogP contribution in [0.4, 0.5) is 0 Å². The first kappa shape index (κ1) is 14.0. The van der Waals surface area contributed by atoms with Gasteiger partial charge in [-0.05, 0) is 25.7 Å². The van der Waals surface area contributed by atoms with Gasteiger partial charge in [0.15, 0.2) is 0 Å². The lowest BCUT2D eigenvalue weighted by atomic mass is 10.00. The van der Waals surface area contributed by atoms with Crippen molar-refractivity contribution in [2.45, 2.75) is 38.1 Å². The lowest BCUT2D eigenvalue weighted by Crippen LogP contribution is -2.46. The molecule has 2 aliphatic rings. The third-order valence-electron chi connectivity index (χ3n) is 4.05. The van der Waals surface area contributed by atoms with Gasteiger partial charge < -0.3 is 9.84 Å². The highest BCUT2D eigenvalue weighted by Crippen LogP contribution is 2.40. The molecule has 0 aromatic rings. The summed E-state index contributed by atoms with van der Waals surface area (Å²) in [6, 6.07) is -1.04. The number of nitrogens with zero attached hydrogens (tertiary/aromatic N) is 1. The van der Waals surface area contributed by atoms with Crippen LogP contribution >= 0.6 is 0 Å². The fourth-order valence-electron chi connectivity index (χ4n) is 3.11. The van der Waals surface area contributed by atoms with Crippen LogP contribution in [0.5, 0.6) is 0 Å². The van der Waals surface area contributed by atoms with Crippen LogP contribution in [0.3, 0.4) is 0 Å². The number of methoxy groups -OCH3 is 1. The first-order chi connectivity index (χ1) is 9.07. The minimum atomic E-state index is -1.11. The number of carbonyl (C=O) groups is 3. The van der Waals surface area contributed by atoms with Crippen molar-refractivity contribution < 1.29 is 24.2 Å². The average molecular weight is 269 g/mol. The molecular weight excluding hydrogens is 250 g/mol. The average Bonchev–Trinajstić information content (AvgIpc) is 2.92. The van der Waals surface area contributed by atoms with Gasteiger partial charge in [0, 0.05) is 13.7 Å². The number of rotatable bonds is 6. The van der Waals surface area contributed by atoms with Crippen LogP contribution in [0.25, 0.3) is 0 Å². The van der Waals surface area contributed by atoms with E-state index in [4.69, 9.17) is 4.74 Å². The highest BCUT2D eigenvalue weighted by molar-refractivity contribution is 6.07. The number of amides is 2. The summed E-state index contributed by atoms with van der Waals surface area (Å²) in [5, 5.41) is 9.24. The van der Waals surface area contributed by atoms with Gasteiger partial charge in [-0.2, -0.15) is 0 Å². The van der Waals surface area contributed by atoms with Gasteiger partial charge in [0.05, 0.1) is 11.8 Å². The summed E-state index contributed by atoms with van der Waals surface area (Å²) < 4.78 is 4.88. The molecule has 6 nitrogen and oxygen atoms in total. The Morgan fingerprint density at radius 1 is 1.37 bits per heavy atom. The fourth-order valence-corrected chi connectivity index (χ4v) is 3.11. The number of imide groups is 1. The van der Waals surface area contributed by atoms with Gasteiger partial charge in [0.2, 0.25) is 11.8 Å². The predicted octanol–water partition coefficient (Wildman–Crippen LogP) is 0.651. The van der Waals surface area contributed by atoms with Crippen LogP contribution in [-0.4, -0.2) is 47.5 Å². The predicted molar refractivity (Wildman–Crippen MR) is 65.2 cm³/mol. The number of carboxylic acid groups (broad SMARTS) is 1. The standard InChI is InChI=1S/C13H19NO5/c1-19-7-3-6-10(13(17)18)14-11(15)8-4-2-5-9(8)12(14)16/h8-10H,2-7H2,1H3,(H,17,18). The van der Waals surface area contributed by atoms with Crippen LogP contribution in [0.1, 0.15) is 32.1 Å². The molecule has 3 unspecified atom stereocenters. The third kappa shape index (κ3) is 2.49. The molecule has 1 saturated heterocycles. The Morgan fingerprint density at radius 2 is 1.95 bits per heavy atom. The molecule has 1 aliphatic carbocycles. The van der Waals surface area contributed by atoms with Crippen LogP contribution in [0.2, 0.25) is 0 Å². The topological polar surface area (TPSA) is 83.9 Å². The summed E-state index contributed by atoms with van der Waals surface area (Å²) in [4.78, 5) is 36.7. The van der Waals surface area contributed by atoms with Gasteiger partial charge in [-0.1, -0.05) is 6.42 Å². The second-order valence-corrected chi connectivity index (χ2v) is 5.18. The largest absolute Gasteiger partial charge is 0.480 e. The summed E-state index contributed by atoms with van der Waals surface area (Å²) in [6.45, 7) is 0.423. The Bertz CT molecular complexity index is 372. The molecule has 3 atom stereocenters. The summed E-state index contributed by atoms with van der Waals surface area (Å²) >= 11 is 0. The first-order valence-electron chi connectivity index (χ1n) is 6.66. The van der Waals surface area contributed by atoms with Crippen molar-refractivity contribution in [2.24, 2.45) is 11.8 Å². The zero-order chi connectivity index (χ0) is 14.0. The summed E-state index contributed by atoms with van der Waals surface area (Å²) in [5.74, 6) is -2.26. The molecule has 2 amide bonds. The lowest BCUT2D eigenvalue weighted by molar-refractivity contribution is -0.155. The molecule has 19 heavy (non-hydrogen) atoms. The molecule has 1 N–H and O–H groups in total. The second-order valence-electron chi connectivity index (χ2n) is 5.18. The lowest BCUT2D eigenvalue weighted by Gasteiger charge is -2.23. The van der Waals surface area contributed by atoms with E-state index in [0.717, 1.165) is 11.3 Å². The molecule has 106 valence electrons. The Morgan fingerprint density at radius 3 is 2.42 bits per heavy atom. The Kier molecular flexibility index (Phi) is 4.19. The van der Waals surface area contributed by atoms with E-state index >= 15 is 0 Å². The van der Waals surface area contributed by atoms with Crippen LogP contribution in [0, 0.1) is 11.8 Å². The smallest absolute Gasteiger partial charge is 0.326 e. The Hall–Kier alpha value is -1.43. The van der Waals surface area contributed by atoms with Crippen LogP contribution in [-0.2, 0) is 19.1 Å². The van der Waals surface area contributed by atoms with Crippen LogP contribution < -0.4 is 0 Å². The highest BCUT2D eigenvalue weighted by atomic mass is 16.5. The second kappa shape index (κ2) is 5.69. The number of hydrogen-bond acceptors (Lipinski definition) is 4. The van der Waals surface area contributed by atoms with Crippen molar-refractivity contribution in [2.75, 3.05) is 13.7 Å². The van der Waals surface area contributed by atoms with E-state index in [9.17, 15) is 19.5 Å². The zero-order valence-corrected chi connectivity index (χ0v) is 11.0. The molecule has 6 heteroatoms. The van der Waals surface area contributed by atoms with Gasteiger partial charge in [0.25, 0.3) is 0 Å². The van der Waals surface area contributed by atoms with Crippen molar-refractivity contribution in [3.05, 3.63) is 0 Å². The molecule has 2 rings (SSSR count). The monoisotopic (exact) mass is 269 g/mol. The van der Waals surface area contributed by atoms with E-state index in [-0.39, 0.29) is 30.1 Å². The van der Waals surface area contributed by atoms with Crippen molar-refractivity contribution >= 4 is 17.8 Å². The van der Waals surface area contributed by atoms with Gasteiger partial charge in [0.1, 0.15) is 6.04 Å². The van der Waals surface area contributed by atoms with E-state index in [1.54, 1.807) is 0 Å². The first-order valence-corrected chi connectivity index (χ1v) is 6.66. The quantitative estimate of drug-likeness (QED) is 0.565. The number of hydrogen-bond donors (Lipinski definition) is 1. The molecule has 1 saturated carbocycles. The summed E-state index contributed by atoms with van der Waals surface area (Å²) in [5.41, 5.74) is 0. The molecule has 0 spiro atoms. The van der Waals surface area contributed by atoms with Crippen molar-refractivity contribution in [1.82, 2.24) is 4.90 Å². The summed E-state index contributed by atoms with van der Waals surface area (Å²) in [7, 11) is 1.53. The molecule has 0 bridgehead atoms. The Labute approximate surface area is 111 Å². The minimum Gasteiger partial charge on any atom is -0.480 e. The molecule has 2 fully saturated rings. The molecule has 1 heterocycles. The SMILES string of the molecule is COCCCC(C(=O)O)N1C(=O)C2CCCC2C1=O. The molecular formula is C13H19NO5. The molecule has 0 aromatic carbocycles. The van der Waals surface area contributed by atoms with Gasteiger partial charge >= 0.3 is 5.97 Å². The molecule has 0 radical (unpaired) electrons. The Balaban J connectivity index is 2.11. The maximum absolute atomic E-state index is 12.2. The van der Waals surface area contributed by atoms with Gasteiger partial charge in [-0.15, -0.1) is 0 Å². The van der Waals surface area contributed by atoms with Crippen LogP contribution in [0.15, 0.2) is 0 Å². The number of likely N-dealkylation sites (tertiary alicyclic amines) is 1. The van der Waals surface area contributed by atoms with Gasteiger partial charge in [-0.25, -0.2) is 4.79 Å². The van der Waals surface area contributed by atoms with Crippen molar-refractivity contribution in [3.8, 4) is 0 Å². The number of aliphatic carboxylic acids is 1. The third-order valence-corrected chi connectivity index (χ3v) is 4.05. The van der Waals surface area contributed by atoms with E-state index in [1.165, 1.54) is 7.11 Å². The van der Waals surface area contributed by atoms with Crippen molar-refractivity contribution in [3.63, 3.8) is 0 Å². The maximum atomic E-state index is 12.2. The van der Waals surface area contributed by atoms with E-state index in [0.29, 0.717) is 25.9 Å². The van der Waals surface area contributed by atoms with E-state index < -0.39 is 12.0 Å². The summed E-state index contributed by atoms with van der Waals surface area (Å²) in [6.07, 6.45) is 3.05. The normalized spacial score (nSPS) is 27.7. The number of carboxylic acids is 1. The number of ether oxygens (including phenoxy) is 1. The zero-order valence-electron chi connectivity index (χ0n) is 11.0. The molecule has 0 aromatic heterocycles. The fraction of sp³-hybridized carbons (Fsp3) is 0.769.